The second-order valence-corrected chi connectivity index (χ2v) is 8.33. The van der Waals surface area contributed by atoms with E-state index in [0.717, 1.165) is 11.3 Å². The third-order valence-corrected chi connectivity index (χ3v) is 5.98. The van der Waals surface area contributed by atoms with Crippen LogP contribution in [0.2, 0.25) is 5.02 Å². The highest BCUT2D eigenvalue weighted by molar-refractivity contribution is 6.30. The van der Waals surface area contributed by atoms with Gasteiger partial charge in [-0.1, -0.05) is 41.9 Å². The third-order valence-electron chi connectivity index (χ3n) is 5.75. The van der Waals surface area contributed by atoms with Crippen LogP contribution >= 0.6 is 11.6 Å². The Balaban J connectivity index is 1.42. The average Bonchev–Trinajstić information content (AvgIpc) is 3.51. The molecule has 2 unspecified atom stereocenters. The SMILES string of the molecule is NC(=O)n1cc(NC(=O)N2CC(F)CC2c2ncc(-c3cccc(Cl)c3)[nH]2)c2ccccc21. The highest BCUT2D eigenvalue weighted by atomic mass is 35.5. The molecule has 8 nitrogen and oxygen atoms in total. The number of nitrogens with one attached hydrogen (secondary N) is 2. The second kappa shape index (κ2) is 8.25. The average molecular weight is 467 g/mol. The van der Waals surface area contributed by atoms with Crippen LogP contribution in [-0.2, 0) is 0 Å². The molecule has 1 aliphatic rings. The molecule has 0 radical (unpaired) electrons. The van der Waals surface area contributed by atoms with E-state index in [1.807, 2.05) is 12.1 Å². The molecule has 1 saturated heterocycles. The number of rotatable bonds is 3. The molecule has 2 atom stereocenters. The fourth-order valence-corrected chi connectivity index (χ4v) is 4.42. The van der Waals surface area contributed by atoms with Crippen molar-refractivity contribution >= 4 is 40.3 Å². The van der Waals surface area contributed by atoms with Crippen molar-refractivity contribution in [2.45, 2.75) is 18.6 Å². The number of amides is 3. The maximum atomic E-state index is 14.4. The number of fused-ring (bicyclic) bond motifs is 1. The summed E-state index contributed by atoms with van der Waals surface area (Å²) in [5.41, 5.74) is 7.99. The Morgan fingerprint density at radius 2 is 2.03 bits per heavy atom. The number of imidazole rings is 1. The largest absolute Gasteiger partial charge is 0.351 e. The molecule has 10 heteroatoms. The number of urea groups is 1. The van der Waals surface area contributed by atoms with E-state index in [2.05, 4.69) is 15.3 Å². The number of benzene rings is 2. The summed E-state index contributed by atoms with van der Waals surface area (Å²) in [6, 6.07) is 12.6. The number of carbonyl (C=O) groups excluding carboxylic acids is 2. The molecule has 0 spiro atoms. The number of aromatic amines is 1. The van der Waals surface area contributed by atoms with Gasteiger partial charge in [-0.05, 0) is 18.2 Å². The van der Waals surface area contributed by atoms with Crippen LogP contribution < -0.4 is 11.1 Å². The molecule has 2 aromatic carbocycles. The lowest BCUT2D eigenvalue weighted by Crippen LogP contribution is -2.35. The normalized spacial score (nSPS) is 18.1. The summed E-state index contributed by atoms with van der Waals surface area (Å²) < 4.78 is 15.7. The number of halogens is 2. The van der Waals surface area contributed by atoms with Gasteiger partial charge in [-0.25, -0.2) is 19.0 Å². The first-order chi connectivity index (χ1) is 15.9. The summed E-state index contributed by atoms with van der Waals surface area (Å²) in [5.74, 6) is 0.486. The molecule has 0 aliphatic carbocycles. The van der Waals surface area contributed by atoms with Crippen molar-refractivity contribution < 1.29 is 14.0 Å². The molecule has 0 bridgehead atoms. The minimum absolute atomic E-state index is 0.0713. The van der Waals surface area contributed by atoms with Gasteiger partial charge in [-0.3, -0.25) is 4.57 Å². The van der Waals surface area contributed by atoms with E-state index in [1.54, 1.807) is 42.6 Å². The van der Waals surface area contributed by atoms with Crippen LogP contribution in [0, 0.1) is 0 Å². The van der Waals surface area contributed by atoms with Crippen molar-refractivity contribution in [2.24, 2.45) is 5.73 Å². The molecule has 3 heterocycles. The van der Waals surface area contributed by atoms with Crippen molar-refractivity contribution in [1.29, 1.82) is 0 Å². The van der Waals surface area contributed by atoms with E-state index in [-0.39, 0.29) is 13.0 Å². The van der Waals surface area contributed by atoms with Crippen LogP contribution in [0.4, 0.5) is 19.7 Å². The predicted molar refractivity (Wildman–Crippen MR) is 124 cm³/mol. The molecule has 4 aromatic rings. The number of para-hydroxylation sites is 1. The Morgan fingerprint density at radius 3 is 2.82 bits per heavy atom. The molecule has 5 rings (SSSR count). The van der Waals surface area contributed by atoms with Gasteiger partial charge in [0.15, 0.2) is 0 Å². The molecule has 33 heavy (non-hydrogen) atoms. The van der Waals surface area contributed by atoms with Gasteiger partial charge in [0.25, 0.3) is 0 Å². The maximum Gasteiger partial charge on any atom is 0.323 e. The Bertz CT molecular complexity index is 1370. The summed E-state index contributed by atoms with van der Waals surface area (Å²) in [7, 11) is 0. The molecule has 4 N–H and O–H groups in total. The number of hydrogen-bond donors (Lipinski definition) is 3. The first-order valence-corrected chi connectivity index (χ1v) is 10.7. The smallest absolute Gasteiger partial charge is 0.323 e. The monoisotopic (exact) mass is 466 g/mol. The molecule has 0 saturated carbocycles. The van der Waals surface area contributed by atoms with Crippen molar-refractivity contribution in [3.63, 3.8) is 0 Å². The van der Waals surface area contributed by atoms with E-state index < -0.39 is 24.3 Å². The molecule has 168 valence electrons. The van der Waals surface area contributed by atoms with Crippen LogP contribution in [0.1, 0.15) is 18.3 Å². The number of likely N-dealkylation sites (tertiary alicyclic amines) is 1. The number of aromatic nitrogens is 3. The fourth-order valence-electron chi connectivity index (χ4n) is 4.23. The van der Waals surface area contributed by atoms with E-state index in [4.69, 9.17) is 17.3 Å². The quantitative estimate of drug-likeness (QED) is 0.398. The zero-order valence-electron chi connectivity index (χ0n) is 17.3. The Labute approximate surface area is 193 Å². The minimum Gasteiger partial charge on any atom is -0.351 e. The van der Waals surface area contributed by atoms with Crippen molar-refractivity contribution in [1.82, 2.24) is 19.4 Å². The van der Waals surface area contributed by atoms with Gasteiger partial charge in [0, 0.05) is 28.6 Å². The number of alkyl halides is 1. The summed E-state index contributed by atoms with van der Waals surface area (Å²) in [4.78, 5) is 33.9. The summed E-state index contributed by atoms with van der Waals surface area (Å²) in [6.07, 6.45) is 2.04. The van der Waals surface area contributed by atoms with Crippen molar-refractivity contribution in [3.05, 3.63) is 71.8 Å². The number of anilines is 1. The van der Waals surface area contributed by atoms with Gasteiger partial charge in [-0.2, -0.15) is 0 Å². The maximum absolute atomic E-state index is 14.4. The summed E-state index contributed by atoms with van der Waals surface area (Å²) in [5, 5.41) is 4.04. The lowest BCUT2D eigenvalue weighted by Gasteiger charge is -2.23. The highest BCUT2D eigenvalue weighted by Gasteiger charge is 2.38. The lowest BCUT2D eigenvalue weighted by atomic mass is 10.2. The van der Waals surface area contributed by atoms with Gasteiger partial charge in [-0.15, -0.1) is 0 Å². The van der Waals surface area contributed by atoms with Gasteiger partial charge in [0.05, 0.1) is 35.7 Å². The Kier molecular flexibility index (Phi) is 5.26. The summed E-state index contributed by atoms with van der Waals surface area (Å²) >= 11 is 6.08. The van der Waals surface area contributed by atoms with Crippen molar-refractivity contribution in [3.8, 4) is 11.3 Å². The molecule has 2 aromatic heterocycles. The van der Waals surface area contributed by atoms with Crippen LogP contribution in [0.15, 0.2) is 60.9 Å². The van der Waals surface area contributed by atoms with Gasteiger partial charge in [0.1, 0.15) is 12.0 Å². The Morgan fingerprint density at radius 1 is 1.21 bits per heavy atom. The lowest BCUT2D eigenvalue weighted by molar-refractivity contribution is 0.202. The third kappa shape index (κ3) is 3.91. The number of carbonyl (C=O) groups is 2. The van der Waals surface area contributed by atoms with Crippen LogP contribution in [0.25, 0.3) is 22.2 Å². The van der Waals surface area contributed by atoms with Crippen LogP contribution in [0.3, 0.4) is 0 Å². The molecular weight excluding hydrogens is 447 g/mol. The molecular formula is C23H20ClFN6O2. The molecule has 3 amide bonds. The predicted octanol–water partition coefficient (Wildman–Crippen LogP) is 4.93. The van der Waals surface area contributed by atoms with E-state index in [1.165, 1.54) is 15.7 Å². The number of H-pyrrole nitrogens is 1. The Hall–Kier alpha value is -3.85. The van der Waals surface area contributed by atoms with Crippen LogP contribution in [0.5, 0.6) is 0 Å². The first-order valence-electron chi connectivity index (χ1n) is 10.3. The van der Waals surface area contributed by atoms with Crippen molar-refractivity contribution in [2.75, 3.05) is 11.9 Å². The van der Waals surface area contributed by atoms with Crippen LogP contribution in [-0.4, -0.2) is 44.2 Å². The summed E-state index contributed by atoms with van der Waals surface area (Å²) in [6.45, 7) is -0.0713. The zero-order valence-corrected chi connectivity index (χ0v) is 18.1. The van der Waals surface area contributed by atoms with Gasteiger partial charge < -0.3 is 20.9 Å². The fraction of sp³-hybridized carbons (Fsp3) is 0.174. The highest BCUT2D eigenvalue weighted by Crippen LogP contribution is 2.35. The first kappa shape index (κ1) is 21.0. The van der Waals surface area contributed by atoms with Gasteiger partial charge in [0.2, 0.25) is 0 Å². The standard InChI is InChI=1S/C23H20ClFN6O2/c24-14-5-3-4-13(8-14)17-10-27-21(28-17)20-9-15(25)11-31(20)23(33)29-18-12-30(22(26)32)19-7-2-1-6-16(18)19/h1-8,10,12,15,20H,9,11H2,(H2,26,32)(H,27,28)(H,29,33). The van der Waals surface area contributed by atoms with Gasteiger partial charge >= 0.3 is 12.1 Å². The minimum atomic E-state index is -1.19. The number of primary amides is 1. The van der Waals surface area contributed by atoms with E-state index in [9.17, 15) is 14.0 Å². The second-order valence-electron chi connectivity index (χ2n) is 7.89. The topological polar surface area (TPSA) is 109 Å². The number of nitrogens with two attached hydrogens (primary N) is 1. The molecule has 1 fully saturated rings. The zero-order chi connectivity index (χ0) is 23.1. The molecule has 1 aliphatic heterocycles. The number of hydrogen-bond acceptors (Lipinski definition) is 3. The van der Waals surface area contributed by atoms with E-state index >= 15 is 0 Å². The number of nitrogens with zero attached hydrogens (tertiary/aromatic N) is 3. The van der Waals surface area contributed by atoms with E-state index in [0.29, 0.717) is 27.4 Å².